The maximum Gasteiger partial charge on any atom is 0.225 e. The van der Waals surface area contributed by atoms with E-state index in [-0.39, 0.29) is 0 Å². The normalized spacial score (nSPS) is 9.92. The molecule has 0 N–H and O–H groups in total. The highest BCUT2D eigenvalue weighted by Crippen LogP contribution is 2.03. The van der Waals surface area contributed by atoms with Crippen molar-refractivity contribution in [2.45, 2.75) is 0 Å². The lowest BCUT2D eigenvalue weighted by atomic mass is 10.6. The molecule has 1 aromatic rings. The highest BCUT2D eigenvalue weighted by atomic mass is 79.9. The van der Waals surface area contributed by atoms with Crippen molar-refractivity contribution in [3.63, 3.8) is 0 Å². The fourth-order valence-electron chi connectivity index (χ4n) is 0.729. The van der Waals surface area contributed by atoms with Gasteiger partial charge < -0.3 is 4.90 Å². The van der Waals surface area contributed by atoms with Gasteiger partial charge in [0.25, 0.3) is 0 Å². The second-order valence-electron chi connectivity index (χ2n) is 2.31. The van der Waals surface area contributed by atoms with Crippen LogP contribution in [0, 0.1) is 5.82 Å². The Labute approximate surface area is 78.8 Å². The zero-order valence-corrected chi connectivity index (χ0v) is 8.25. The van der Waals surface area contributed by atoms with Crippen LogP contribution in [-0.2, 0) is 0 Å². The Morgan fingerprint density at radius 2 is 2.08 bits per heavy atom. The molecule has 1 aromatic heterocycles. The van der Waals surface area contributed by atoms with Crippen molar-refractivity contribution in [2.24, 2.45) is 0 Å². The molecule has 0 aromatic carbocycles. The number of nitrogens with zero attached hydrogens (tertiary/aromatic N) is 3. The predicted molar refractivity (Wildman–Crippen MR) is 49.1 cm³/mol. The van der Waals surface area contributed by atoms with E-state index < -0.39 is 5.82 Å². The second-order valence-corrected chi connectivity index (χ2v) is 3.10. The average Bonchev–Trinajstić information content (AvgIpc) is 2.06. The smallest absolute Gasteiger partial charge is 0.225 e. The number of hydrogen-bond donors (Lipinski definition) is 0. The van der Waals surface area contributed by atoms with Gasteiger partial charge in [-0.3, -0.25) is 0 Å². The van der Waals surface area contributed by atoms with E-state index in [0.717, 1.165) is 24.3 Å². The zero-order valence-electron chi connectivity index (χ0n) is 6.67. The average molecular weight is 234 g/mol. The third-order valence-corrected chi connectivity index (χ3v) is 1.72. The predicted octanol–water partition coefficient (Wildman–Crippen LogP) is 1.45. The van der Waals surface area contributed by atoms with Gasteiger partial charge in [0.05, 0.1) is 12.4 Å². The van der Waals surface area contributed by atoms with Crippen molar-refractivity contribution in [1.29, 1.82) is 0 Å². The maximum atomic E-state index is 12.4. The molecule has 3 nitrogen and oxygen atoms in total. The van der Waals surface area contributed by atoms with Crippen LogP contribution in [0.4, 0.5) is 10.3 Å². The van der Waals surface area contributed by atoms with Crippen molar-refractivity contribution in [1.82, 2.24) is 9.97 Å². The first-order valence-corrected chi connectivity index (χ1v) is 4.61. The van der Waals surface area contributed by atoms with Gasteiger partial charge in [-0.25, -0.2) is 14.4 Å². The Balaban J connectivity index is 2.68. The van der Waals surface area contributed by atoms with Gasteiger partial charge in [-0.05, 0) is 0 Å². The largest absolute Gasteiger partial charge is 0.343 e. The summed E-state index contributed by atoms with van der Waals surface area (Å²) in [6.45, 7) is 0.797. The molecule has 1 heterocycles. The topological polar surface area (TPSA) is 29.0 Å². The Hall–Kier alpha value is -0.710. The highest BCUT2D eigenvalue weighted by Gasteiger charge is 2.01. The number of rotatable bonds is 3. The standard InChI is InChI=1S/C7H9BrFN3/c1-12(3-2-8)7-10-4-6(9)5-11-7/h4-5H,2-3H2,1H3. The quantitative estimate of drug-likeness (QED) is 0.741. The second kappa shape index (κ2) is 4.35. The molecule has 0 radical (unpaired) electrons. The van der Waals surface area contributed by atoms with Gasteiger partial charge in [0, 0.05) is 18.9 Å². The van der Waals surface area contributed by atoms with Crippen molar-refractivity contribution in [2.75, 3.05) is 23.8 Å². The monoisotopic (exact) mass is 233 g/mol. The fourth-order valence-corrected chi connectivity index (χ4v) is 1.26. The summed E-state index contributed by atoms with van der Waals surface area (Å²) >= 11 is 3.29. The molecule has 0 spiro atoms. The summed E-state index contributed by atoms with van der Waals surface area (Å²) in [5, 5.41) is 0.838. The summed E-state index contributed by atoms with van der Waals surface area (Å²) in [7, 11) is 1.86. The number of alkyl halides is 1. The van der Waals surface area contributed by atoms with Crippen molar-refractivity contribution >= 4 is 21.9 Å². The molecule has 0 atom stereocenters. The first kappa shape index (κ1) is 9.38. The Kier molecular flexibility index (Phi) is 3.40. The van der Waals surface area contributed by atoms with Gasteiger partial charge in [0.2, 0.25) is 5.95 Å². The molecule has 0 bridgehead atoms. The van der Waals surface area contributed by atoms with Crippen molar-refractivity contribution in [3.05, 3.63) is 18.2 Å². The van der Waals surface area contributed by atoms with Crippen LogP contribution in [0.1, 0.15) is 0 Å². The molecule has 0 aliphatic heterocycles. The zero-order chi connectivity index (χ0) is 8.97. The molecule has 12 heavy (non-hydrogen) atoms. The molecule has 0 aliphatic rings. The molecule has 0 aliphatic carbocycles. The first-order chi connectivity index (χ1) is 5.74. The van der Waals surface area contributed by atoms with Crippen LogP contribution >= 0.6 is 15.9 Å². The maximum absolute atomic E-state index is 12.4. The van der Waals surface area contributed by atoms with E-state index in [1.807, 2.05) is 11.9 Å². The van der Waals surface area contributed by atoms with Crippen LogP contribution in [0.25, 0.3) is 0 Å². The van der Waals surface area contributed by atoms with E-state index in [2.05, 4.69) is 25.9 Å². The molecular formula is C7H9BrFN3. The lowest BCUT2D eigenvalue weighted by Crippen LogP contribution is -2.21. The number of hydrogen-bond acceptors (Lipinski definition) is 3. The van der Waals surface area contributed by atoms with E-state index in [4.69, 9.17) is 0 Å². The van der Waals surface area contributed by atoms with E-state index in [0.29, 0.717) is 5.95 Å². The summed E-state index contributed by atoms with van der Waals surface area (Å²) in [6.07, 6.45) is 2.32. The van der Waals surface area contributed by atoms with Gasteiger partial charge in [-0.2, -0.15) is 0 Å². The van der Waals surface area contributed by atoms with Gasteiger partial charge in [-0.15, -0.1) is 0 Å². The van der Waals surface area contributed by atoms with Crippen LogP contribution in [0.2, 0.25) is 0 Å². The van der Waals surface area contributed by atoms with Crippen LogP contribution in [0.15, 0.2) is 12.4 Å². The molecular weight excluding hydrogens is 225 g/mol. The summed E-state index contributed by atoms with van der Waals surface area (Å²) in [5.74, 6) is 0.127. The third-order valence-electron chi connectivity index (χ3n) is 1.37. The summed E-state index contributed by atoms with van der Waals surface area (Å²) in [5.41, 5.74) is 0. The lowest BCUT2D eigenvalue weighted by Gasteiger charge is -2.14. The number of halogens is 2. The van der Waals surface area contributed by atoms with Gasteiger partial charge in [0.1, 0.15) is 0 Å². The number of aromatic nitrogens is 2. The lowest BCUT2D eigenvalue weighted by molar-refractivity contribution is 0.612. The Morgan fingerprint density at radius 3 is 2.58 bits per heavy atom. The molecule has 0 amide bonds. The number of anilines is 1. The fraction of sp³-hybridized carbons (Fsp3) is 0.429. The van der Waals surface area contributed by atoms with Crippen LogP contribution in [0.5, 0.6) is 0 Å². The van der Waals surface area contributed by atoms with E-state index in [1.165, 1.54) is 0 Å². The van der Waals surface area contributed by atoms with E-state index in [9.17, 15) is 4.39 Å². The van der Waals surface area contributed by atoms with Crippen molar-refractivity contribution in [3.8, 4) is 0 Å². The van der Waals surface area contributed by atoms with Crippen LogP contribution < -0.4 is 4.90 Å². The third kappa shape index (κ3) is 2.41. The van der Waals surface area contributed by atoms with Crippen LogP contribution in [-0.4, -0.2) is 28.9 Å². The highest BCUT2D eigenvalue weighted by molar-refractivity contribution is 9.09. The minimum absolute atomic E-state index is 0.411. The van der Waals surface area contributed by atoms with Crippen molar-refractivity contribution < 1.29 is 4.39 Å². The minimum Gasteiger partial charge on any atom is -0.343 e. The Bertz CT molecular complexity index is 239. The molecule has 1 rings (SSSR count). The summed E-state index contributed by atoms with van der Waals surface area (Å²) in [4.78, 5) is 9.47. The molecule has 0 saturated carbocycles. The van der Waals surface area contributed by atoms with Crippen LogP contribution in [0.3, 0.4) is 0 Å². The first-order valence-electron chi connectivity index (χ1n) is 3.48. The van der Waals surface area contributed by atoms with Gasteiger partial charge >= 0.3 is 0 Å². The Morgan fingerprint density at radius 1 is 1.50 bits per heavy atom. The van der Waals surface area contributed by atoms with Gasteiger partial charge in [-0.1, -0.05) is 15.9 Å². The van der Waals surface area contributed by atoms with E-state index in [1.54, 1.807) is 0 Å². The van der Waals surface area contributed by atoms with E-state index >= 15 is 0 Å². The summed E-state index contributed by atoms with van der Waals surface area (Å²) < 4.78 is 12.4. The molecule has 5 heteroatoms. The molecule has 0 unspecified atom stereocenters. The summed E-state index contributed by atoms with van der Waals surface area (Å²) in [6, 6.07) is 0. The minimum atomic E-state index is -0.411. The van der Waals surface area contributed by atoms with Gasteiger partial charge in [0.15, 0.2) is 5.82 Å². The molecule has 66 valence electrons. The molecule has 0 fully saturated rings. The molecule has 0 saturated heterocycles. The SMILES string of the molecule is CN(CCBr)c1ncc(F)cn1.